The number of carbonyl (C=O) groups excluding carboxylic acids is 4. The average molecular weight is 371 g/mol. The van der Waals surface area contributed by atoms with E-state index >= 15 is 0 Å². The van der Waals surface area contributed by atoms with E-state index < -0.39 is 30.3 Å². The van der Waals surface area contributed by atoms with Gasteiger partial charge in [0.15, 0.2) is 0 Å². The van der Waals surface area contributed by atoms with E-state index in [2.05, 4.69) is 5.32 Å². The van der Waals surface area contributed by atoms with E-state index in [1.807, 2.05) is 23.6 Å². The molecule has 5 amide bonds. The second-order valence-electron chi connectivity index (χ2n) is 5.73. The third-order valence-electron chi connectivity index (χ3n) is 3.89. The largest absolute Gasteiger partial charge is 0.354 e. The molecule has 1 aromatic heterocycles. The van der Waals surface area contributed by atoms with Gasteiger partial charge < -0.3 is 5.32 Å². The maximum atomic E-state index is 12.4. The molecule has 0 saturated carbocycles. The number of nitrogens with zero attached hydrogens (tertiary/aromatic N) is 2. The average Bonchev–Trinajstić information content (AvgIpc) is 3.22. The standard InChI is InChI=1S/C18H17N3O4S/c22-15(19-9-8-14-7-4-10-26-14)12-21-17(24)16(23)20(18(21)25)11-13-5-2-1-3-6-13/h1-7,10H,8-9,11-12H2,(H,19,22). The first-order valence-corrected chi connectivity index (χ1v) is 8.94. The summed E-state index contributed by atoms with van der Waals surface area (Å²) in [6.07, 6.45) is 0.671. The Bertz CT molecular complexity index is 820. The molecule has 1 fully saturated rings. The molecule has 7 nitrogen and oxygen atoms in total. The van der Waals surface area contributed by atoms with Crippen molar-refractivity contribution in [2.24, 2.45) is 0 Å². The Hall–Kier alpha value is -3.00. The van der Waals surface area contributed by atoms with Crippen molar-refractivity contribution in [2.45, 2.75) is 13.0 Å². The highest BCUT2D eigenvalue weighted by Gasteiger charge is 2.45. The lowest BCUT2D eigenvalue weighted by Gasteiger charge is -2.15. The van der Waals surface area contributed by atoms with Crippen LogP contribution in [0.3, 0.4) is 0 Å². The Morgan fingerprint density at radius 2 is 1.69 bits per heavy atom. The summed E-state index contributed by atoms with van der Waals surface area (Å²) in [7, 11) is 0. The third-order valence-corrected chi connectivity index (χ3v) is 4.83. The molecule has 1 aliphatic rings. The number of imide groups is 2. The molecule has 26 heavy (non-hydrogen) atoms. The molecule has 8 heteroatoms. The number of hydrogen-bond donors (Lipinski definition) is 1. The zero-order valence-electron chi connectivity index (χ0n) is 13.9. The summed E-state index contributed by atoms with van der Waals surface area (Å²) in [5.41, 5.74) is 0.726. The van der Waals surface area contributed by atoms with Crippen LogP contribution in [0.15, 0.2) is 47.8 Å². The van der Waals surface area contributed by atoms with Crippen molar-refractivity contribution < 1.29 is 19.2 Å². The van der Waals surface area contributed by atoms with Crippen LogP contribution in [0.2, 0.25) is 0 Å². The molecule has 0 bridgehead atoms. The monoisotopic (exact) mass is 371 g/mol. The Balaban J connectivity index is 1.55. The predicted octanol–water partition coefficient (Wildman–Crippen LogP) is 1.40. The second-order valence-corrected chi connectivity index (χ2v) is 6.76. The van der Waals surface area contributed by atoms with Gasteiger partial charge in [-0.05, 0) is 23.4 Å². The van der Waals surface area contributed by atoms with Crippen molar-refractivity contribution in [3.05, 3.63) is 58.3 Å². The molecule has 0 spiro atoms. The normalized spacial score (nSPS) is 14.2. The minimum Gasteiger partial charge on any atom is -0.354 e. The molecular formula is C18H17N3O4S. The molecule has 1 aromatic carbocycles. The quantitative estimate of drug-likeness (QED) is 0.589. The molecule has 0 radical (unpaired) electrons. The van der Waals surface area contributed by atoms with Crippen LogP contribution in [-0.4, -0.2) is 46.6 Å². The molecule has 1 N–H and O–H groups in total. The van der Waals surface area contributed by atoms with E-state index in [-0.39, 0.29) is 6.54 Å². The van der Waals surface area contributed by atoms with Gasteiger partial charge in [0.1, 0.15) is 6.54 Å². The molecule has 0 atom stereocenters. The fourth-order valence-electron chi connectivity index (χ4n) is 2.57. The van der Waals surface area contributed by atoms with Crippen LogP contribution in [0, 0.1) is 0 Å². The van der Waals surface area contributed by atoms with Gasteiger partial charge in [-0.3, -0.25) is 19.3 Å². The zero-order chi connectivity index (χ0) is 18.5. The van der Waals surface area contributed by atoms with Crippen molar-refractivity contribution in [3.63, 3.8) is 0 Å². The SMILES string of the molecule is O=C(CN1C(=O)C(=O)N(Cc2ccccc2)C1=O)NCCc1cccs1. The van der Waals surface area contributed by atoms with Crippen LogP contribution in [0.1, 0.15) is 10.4 Å². The Morgan fingerprint density at radius 3 is 2.38 bits per heavy atom. The van der Waals surface area contributed by atoms with Crippen molar-refractivity contribution in [3.8, 4) is 0 Å². The zero-order valence-corrected chi connectivity index (χ0v) is 14.7. The van der Waals surface area contributed by atoms with Crippen LogP contribution < -0.4 is 5.32 Å². The minimum atomic E-state index is -0.973. The lowest BCUT2D eigenvalue weighted by Crippen LogP contribution is -2.41. The number of benzene rings is 1. The van der Waals surface area contributed by atoms with Crippen LogP contribution in [-0.2, 0) is 27.3 Å². The first-order chi connectivity index (χ1) is 12.6. The highest BCUT2D eigenvalue weighted by Crippen LogP contribution is 2.15. The van der Waals surface area contributed by atoms with Gasteiger partial charge in [0.2, 0.25) is 5.91 Å². The number of rotatable bonds is 7. The van der Waals surface area contributed by atoms with Crippen LogP contribution >= 0.6 is 11.3 Å². The second kappa shape index (κ2) is 7.92. The van der Waals surface area contributed by atoms with E-state index in [4.69, 9.17) is 0 Å². The topological polar surface area (TPSA) is 86.8 Å². The molecule has 2 aromatic rings. The first kappa shape index (κ1) is 17.8. The molecule has 134 valence electrons. The van der Waals surface area contributed by atoms with Gasteiger partial charge in [-0.1, -0.05) is 36.4 Å². The highest BCUT2D eigenvalue weighted by atomic mass is 32.1. The lowest BCUT2D eigenvalue weighted by molar-refractivity contribution is -0.144. The summed E-state index contributed by atoms with van der Waals surface area (Å²) < 4.78 is 0. The van der Waals surface area contributed by atoms with Gasteiger partial charge in [0.25, 0.3) is 0 Å². The fourth-order valence-corrected chi connectivity index (χ4v) is 3.28. The van der Waals surface area contributed by atoms with E-state index in [1.54, 1.807) is 35.6 Å². The number of carbonyl (C=O) groups is 4. The van der Waals surface area contributed by atoms with E-state index in [1.165, 1.54) is 0 Å². The Kier molecular flexibility index (Phi) is 5.43. The molecule has 2 heterocycles. The minimum absolute atomic E-state index is 0.000738. The fraction of sp³-hybridized carbons (Fsp3) is 0.222. The third kappa shape index (κ3) is 3.97. The number of nitrogens with one attached hydrogen (secondary N) is 1. The van der Waals surface area contributed by atoms with Gasteiger partial charge in [-0.15, -0.1) is 11.3 Å². The van der Waals surface area contributed by atoms with Gasteiger partial charge in [-0.25, -0.2) is 9.69 Å². The smallest absolute Gasteiger partial charge is 0.335 e. The Morgan fingerprint density at radius 1 is 0.962 bits per heavy atom. The van der Waals surface area contributed by atoms with Crippen molar-refractivity contribution >= 4 is 35.1 Å². The summed E-state index contributed by atoms with van der Waals surface area (Å²) in [5, 5.41) is 4.61. The van der Waals surface area contributed by atoms with Gasteiger partial charge in [-0.2, -0.15) is 0 Å². The first-order valence-electron chi connectivity index (χ1n) is 8.06. The van der Waals surface area contributed by atoms with Gasteiger partial charge in [0, 0.05) is 11.4 Å². The number of amides is 5. The van der Waals surface area contributed by atoms with Crippen LogP contribution in [0.5, 0.6) is 0 Å². The van der Waals surface area contributed by atoms with E-state index in [0.717, 1.165) is 15.3 Å². The molecule has 0 unspecified atom stereocenters. The van der Waals surface area contributed by atoms with E-state index in [0.29, 0.717) is 17.9 Å². The van der Waals surface area contributed by atoms with E-state index in [9.17, 15) is 19.2 Å². The van der Waals surface area contributed by atoms with Crippen molar-refractivity contribution in [1.82, 2.24) is 15.1 Å². The maximum absolute atomic E-state index is 12.4. The summed E-state index contributed by atoms with van der Waals surface area (Å²) in [4.78, 5) is 51.1. The maximum Gasteiger partial charge on any atom is 0.335 e. The number of urea groups is 1. The molecular weight excluding hydrogens is 354 g/mol. The highest BCUT2D eigenvalue weighted by molar-refractivity contribution is 7.09. The van der Waals surface area contributed by atoms with Crippen LogP contribution in [0.25, 0.3) is 0 Å². The molecule has 1 saturated heterocycles. The molecule has 3 rings (SSSR count). The van der Waals surface area contributed by atoms with Crippen LogP contribution in [0.4, 0.5) is 4.79 Å². The van der Waals surface area contributed by atoms with Crippen molar-refractivity contribution in [2.75, 3.05) is 13.1 Å². The van der Waals surface area contributed by atoms with Gasteiger partial charge >= 0.3 is 17.8 Å². The summed E-state index contributed by atoms with van der Waals surface area (Å²) in [5.74, 6) is -2.36. The molecule has 1 aliphatic heterocycles. The van der Waals surface area contributed by atoms with Gasteiger partial charge in [0.05, 0.1) is 6.54 Å². The summed E-state index contributed by atoms with van der Waals surface area (Å²) in [6, 6.07) is 12.0. The summed E-state index contributed by atoms with van der Waals surface area (Å²) in [6.45, 7) is -0.0584. The summed E-state index contributed by atoms with van der Waals surface area (Å²) >= 11 is 1.59. The Labute approximate surface area is 154 Å². The lowest BCUT2D eigenvalue weighted by atomic mass is 10.2. The van der Waals surface area contributed by atoms with Crippen molar-refractivity contribution in [1.29, 1.82) is 0 Å². The predicted molar refractivity (Wildman–Crippen MR) is 95.1 cm³/mol. The number of hydrogen-bond acceptors (Lipinski definition) is 5. The number of thiophene rings is 1. The molecule has 0 aliphatic carbocycles.